The predicted molar refractivity (Wildman–Crippen MR) is 55.7 cm³/mol. The molecule has 0 heterocycles. The minimum absolute atomic E-state index is 0.551. The van der Waals surface area contributed by atoms with Crippen molar-refractivity contribution in [2.24, 2.45) is 5.92 Å². The first-order valence-electron chi connectivity index (χ1n) is 4.84. The van der Waals surface area contributed by atoms with Gasteiger partial charge in [0, 0.05) is 0 Å². The van der Waals surface area contributed by atoms with Gasteiger partial charge in [0.15, 0.2) is 0 Å². The Labute approximate surface area is 90.5 Å². The summed E-state index contributed by atoms with van der Waals surface area (Å²) in [5.41, 5.74) is 0. The van der Waals surface area contributed by atoms with Gasteiger partial charge in [0.1, 0.15) is 0 Å². The summed E-state index contributed by atoms with van der Waals surface area (Å²) in [6.45, 7) is 2.81. The Morgan fingerprint density at radius 2 is 2.21 bits per heavy atom. The molecule has 1 rings (SSSR count). The average molecular weight is 313 g/mol. The van der Waals surface area contributed by atoms with Crippen LogP contribution in [0.2, 0.25) is 0 Å². The molecule has 1 aliphatic carbocycles. The molecule has 0 N–H and O–H groups in total. The van der Waals surface area contributed by atoms with Crippen LogP contribution < -0.4 is 18.4 Å². The molecule has 0 fully saturated rings. The van der Waals surface area contributed by atoms with Crippen LogP contribution >= 0.6 is 0 Å². The standard InChI is InChI=1S/C10H20INO2/c1-5-9-8-10(9)11(2,3)6-7-14-12(4)13/h8-9H,5-7H2,1-4H3/q-2. The maximum atomic E-state index is 10.5. The van der Waals surface area contributed by atoms with Gasteiger partial charge in [0.05, 0.1) is 0 Å². The van der Waals surface area contributed by atoms with Crippen LogP contribution in [0.4, 0.5) is 0 Å². The number of hydrogen-bond donors (Lipinski definition) is 0. The fraction of sp³-hybridized carbons (Fsp3) is 0.800. The van der Waals surface area contributed by atoms with E-state index in [9.17, 15) is 5.21 Å². The number of alkyl halides is 3. The molecule has 0 saturated carbocycles. The van der Waals surface area contributed by atoms with Crippen LogP contribution in [0.1, 0.15) is 13.3 Å². The van der Waals surface area contributed by atoms with Crippen molar-refractivity contribution in [1.82, 2.24) is 5.23 Å². The van der Waals surface area contributed by atoms with Crippen molar-refractivity contribution in [2.45, 2.75) is 13.3 Å². The molecule has 4 heteroatoms. The zero-order chi connectivity index (χ0) is 10.8. The molecule has 14 heavy (non-hydrogen) atoms. The summed E-state index contributed by atoms with van der Waals surface area (Å²) < 4.78 is 2.79. The van der Waals surface area contributed by atoms with Crippen molar-refractivity contribution in [3.05, 3.63) is 14.9 Å². The van der Waals surface area contributed by atoms with Crippen LogP contribution in [0, 0.1) is 11.1 Å². The monoisotopic (exact) mass is 313 g/mol. The van der Waals surface area contributed by atoms with Crippen molar-refractivity contribution in [2.75, 3.05) is 27.9 Å². The molecule has 86 valence electrons. The Kier molecular flexibility index (Phi) is 4.36. The second-order valence-electron chi connectivity index (χ2n) is 3.95. The van der Waals surface area contributed by atoms with Gasteiger partial charge in [-0.25, -0.2) is 0 Å². The molecular formula is C10H20INO2-2. The van der Waals surface area contributed by atoms with Crippen molar-refractivity contribution in [3.63, 3.8) is 0 Å². The van der Waals surface area contributed by atoms with Crippen LogP contribution in [-0.2, 0) is 4.84 Å². The summed E-state index contributed by atoms with van der Waals surface area (Å²) in [5.74, 6) is 0.784. The molecule has 0 saturated heterocycles. The third-order valence-corrected chi connectivity index (χ3v) is 10.1. The van der Waals surface area contributed by atoms with Crippen molar-refractivity contribution < 1.29 is 23.3 Å². The third kappa shape index (κ3) is 3.49. The Bertz CT molecular complexity index is 226. The number of hydrogen-bond acceptors (Lipinski definition) is 3. The number of nitrogens with zero attached hydrogens (tertiary/aromatic N) is 1. The summed E-state index contributed by atoms with van der Waals surface area (Å²) in [6, 6.07) is 0. The first-order valence-corrected chi connectivity index (χ1v) is 11.8. The van der Waals surface area contributed by atoms with Crippen LogP contribution in [0.3, 0.4) is 0 Å². The number of hydroxylamine groups is 2. The molecule has 0 bridgehead atoms. The van der Waals surface area contributed by atoms with E-state index in [4.69, 9.17) is 4.84 Å². The van der Waals surface area contributed by atoms with E-state index in [2.05, 4.69) is 22.9 Å². The van der Waals surface area contributed by atoms with Crippen molar-refractivity contribution in [3.8, 4) is 0 Å². The summed E-state index contributed by atoms with van der Waals surface area (Å²) >= 11 is -1.68. The summed E-state index contributed by atoms with van der Waals surface area (Å²) in [4.78, 5) is 9.70. The van der Waals surface area contributed by atoms with E-state index in [-0.39, 0.29) is 0 Å². The second kappa shape index (κ2) is 4.92. The van der Waals surface area contributed by atoms with Crippen molar-refractivity contribution >= 4 is 0 Å². The average Bonchev–Trinajstić information content (AvgIpc) is 2.81. The quantitative estimate of drug-likeness (QED) is 0.347. The van der Waals surface area contributed by atoms with Gasteiger partial charge in [0.25, 0.3) is 0 Å². The third-order valence-electron chi connectivity index (χ3n) is 2.46. The van der Waals surface area contributed by atoms with E-state index in [1.165, 1.54) is 13.5 Å². The Morgan fingerprint density at radius 1 is 1.57 bits per heavy atom. The van der Waals surface area contributed by atoms with Gasteiger partial charge in [0.2, 0.25) is 0 Å². The van der Waals surface area contributed by atoms with Gasteiger partial charge in [-0.1, -0.05) is 0 Å². The minimum atomic E-state index is -1.68. The van der Waals surface area contributed by atoms with Crippen LogP contribution in [0.5, 0.6) is 0 Å². The predicted octanol–water partition coefficient (Wildman–Crippen LogP) is -1.31. The van der Waals surface area contributed by atoms with Crippen molar-refractivity contribution in [1.29, 1.82) is 0 Å². The van der Waals surface area contributed by atoms with Crippen LogP contribution in [0.25, 0.3) is 0 Å². The molecular weight excluding hydrogens is 293 g/mol. The van der Waals surface area contributed by atoms with Gasteiger partial charge in [-0.15, -0.1) is 0 Å². The fourth-order valence-corrected chi connectivity index (χ4v) is 7.41. The van der Waals surface area contributed by atoms with Gasteiger partial charge in [-0.05, 0) is 0 Å². The van der Waals surface area contributed by atoms with Crippen LogP contribution in [-0.4, -0.2) is 33.2 Å². The molecule has 1 atom stereocenters. The molecule has 0 aromatic rings. The first kappa shape index (κ1) is 12.4. The van der Waals surface area contributed by atoms with E-state index in [1.54, 1.807) is 3.58 Å². The molecule has 3 nitrogen and oxygen atoms in total. The summed E-state index contributed by atoms with van der Waals surface area (Å²) in [5, 5.41) is 11.1. The van der Waals surface area contributed by atoms with E-state index in [0.717, 1.165) is 10.3 Å². The van der Waals surface area contributed by atoms with E-state index < -0.39 is 18.4 Å². The first-order chi connectivity index (χ1) is 6.47. The molecule has 0 aromatic heterocycles. The Balaban J connectivity index is 2.25. The number of rotatable bonds is 6. The molecule has 0 aromatic carbocycles. The van der Waals surface area contributed by atoms with Gasteiger partial charge in [-0.3, -0.25) is 0 Å². The van der Waals surface area contributed by atoms with Gasteiger partial charge >= 0.3 is 90.6 Å². The topological polar surface area (TPSA) is 35.5 Å². The maximum absolute atomic E-state index is 10.5. The van der Waals surface area contributed by atoms with Gasteiger partial charge < -0.3 is 0 Å². The Morgan fingerprint density at radius 3 is 2.64 bits per heavy atom. The zero-order valence-electron chi connectivity index (χ0n) is 9.42. The molecule has 1 unspecified atom stereocenters. The molecule has 0 radical (unpaired) electrons. The second-order valence-corrected chi connectivity index (χ2v) is 14.4. The SMILES string of the molecule is CCC1C=C1[I-](C)(C)CCON(C)[O-]. The molecule has 0 amide bonds. The fourth-order valence-electron chi connectivity index (χ4n) is 1.47. The molecule has 1 aliphatic rings. The zero-order valence-corrected chi connectivity index (χ0v) is 11.6. The Hall–Kier alpha value is 0.350. The van der Waals surface area contributed by atoms with Gasteiger partial charge in [-0.2, -0.15) is 0 Å². The normalized spacial score (nSPS) is 22.4. The van der Waals surface area contributed by atoms with E-state index in [1.807, 2.05) is 0 Å². The number of allylic oxidation sites excluding steroid dienone is 2. The molecule has 0 aliphatic heterocycles. The molecule has 0 spiro atoms. The van der Waals surface area contributed by atoms with E-state index in [0.29, 0.717) is 11.8 Å². The number of halogens is 1. The van der Waals surface area contributed by atoms with Crippen LogP contribution in [0.15, 0.2) is 9.66 Å². The summed E-state index contributed by atoms with van der Waals surface area (Å²) in [6.07, 6.45) is 3.64. The summed E-state index contributed by atoms with van der Waals surface area (Å²) in [7, 11) is 1.39. The van der Waals surface area contributed by atoms with E-state index >= 15 is 0 Å².